The monoisotopic (exact) mass is 359 g/mol. The van der Waals surface area contributed by atoms with E-state index in [2.05, 4.69) is 77.2 Å². The fraction of sp³-hybridized carbons (Fsp3) is 0.0588. The minimum absolute atomic E-state index is 0.570. The summed E-state index contributed by atoms with van der Waals surface area (Å²) in [6, 6.07) is 21.4. The fourth-order valence-corrected chi connectivity index (χ4v) is 2.88. The Balaban J connectivity index is 2.18. The van der Waals surface area contributed by atoms with E-state index < -0.39 is 0 Å². The highest BCUT2D eigenvalue weighted by atomic mass is 127. The second-order valence-electron chi connectivity index (χ2n) is 4.57. The van der Waals surface area contributed by atoms with Crippen molar-refractivity contribution in [3.63, 3.8) is 0 Å². The molecule has 19 heavy (non-hydrogen) atoms. The Morgan fingerprint density at radius 3 is 2.42 bits per heavy atom. The number of halogens is 1. The minimum Gasteiger partial charge on any atom is -0.326 e. The van der Waals surface area contributed by atoms with Crippen LogP contribution in [0.3, 0.4) is 0 Å². The van der Waals surface area contributed by atoms with E-state index in [0.717, 1.165) is 0 Å². The van der Waals surface area contributed by atoms with Crippen molar-refractivity contribution >= 4 is 33.4 Å². The summed E-state index contributed by atoms with van der Waals surface area (Å²) in [5, 5.41) is 2.55. The van der Waals surface area contributed by atoms with Crippen LogP contribution < -0.4 is 5.73 Å². The maximum atomic E-state index is 5.82. The highest BCUT2D eigenvalue weighted by molar-refractivity contribution is 14.1. The molecule has 3 aromatic rings. The summed E-state index contributed by atoms with van der Waals surface area (Å²) in [5.74, 6) is 0. The molecule has 0 aliphatic carbocycles. The minimum atomic E-state index is 0.570. The average Bonchev–Trinajstić information content (AvgIpc) is 2.46. The SMILES string of the molecule is NCc1ccccc1-c1ccc2cc(I)ccc2c1. The first-order valence-corrected chi connectivity index (χ1v) is 7.33. The molecule has 2 heteroatoms. The van der Waals surface area contributed by atoms with Gasteiger partial charge in [0.2, 0.25) is 0 Å². The van der Waals surface area contributed by atoms with Gasteiger partial charge in [-0.2, -0.15) is 0 Å². The maximum Gasteiger partial charge on any atom is 0.0184 e. The van der Waals surface area contributed by atoms with E-state index in [-0.39, 0.29) is 0 Å². The van der Waals surface area contributed by atoms with Gasteiger partial charge in [0.25, 0.3) is 0 Å². The summed E-state index contributed by atoms with van der Waals surface area (Å²) in [7, 11) is 0. The Labute approximate surface area is 126 Å². The zero-order chi connectivity index (χ0) is 13.2. The third-order valence-corrected chi connectivity index (χ3v) is 4.02. The molecular formula is C17H14IN. The lowest BCUT2D eigenvalue weighted by molar-refractivity contribution is 1.07. The maximum absolute atomic E-state index is 5.82. The molecule has 0 amide bonds. The molecule has 0 saturated carbocycles. The third-order valence-electron chi connectivity index (χ3n) is 3.35. The predicted octanol–water partition coefficient (Wildman–Crippen LogP) is 4.57. The Kier molecular flexibility index (Phi) is 3.53. The van der Waals surface area contributed by atoms with Crippen LogP contribution in [0.4, 0.5) is 0 Å². The van der Waals surface area contributed by atoms with Gasteiger partial charge in [0, 0.05) is 10.1 Å². The predicted molar refractivity (Wildman–Crippen MR) is 90.0 cm³/mol. The van der Waals surface area contributed by atoms with Gasteiger partial charge in [-0.15, -0.1) is 0 Å². The first-order chi connectivity index (χ1) is 9.28. The van der Waals surface area contributed by atoms with Gasteiger partial charge in [-0.25, -0.2) is 0 Å². The van der Waals surface area contributed by atoms with Crippen LogP contribution >= 0.6 is 22.6 Å². The van der Waals surface area contributed by atoms with Gasteiger partial charge in [-0.05, 0) is 68.3 Å². The molecule has 0 saturated heterocycles. The molecule has 0 aliphatic heterocycles. The fourth-order valence-electron chi connectivity index (χ4n) is 2.36. The third kappa shape index (κ3) is 2.51. The van der Waals surface area contributed by atoms with E-state index in [0.29, 0.717) is 6.54 Å². The summed E-state index contributed by atoms with van der Waals surface area (Å²) in [5.41, 5.74) is 9.47. The summed E-state index contributed by atoms with van der Waals surface area (Å²) in [6.45, 7) is 0.570. The molecule has 3 rings (SSSR count). The molecule has 0 bridgehead atoms. The van der Waals surface area contributed by atoms with Crippen molar-refractivity contribution in [1.82, 2.24) is 0 Å². The van der Waals surface area contributed by atoms with E-state index in [1.807, 2.05) is 6.07 Å². The van der Waals surface area contributed by atoms with Crippen LogP contribution in [-0.4, -0.2) is 0 Å². The topological polar surface area (TPSA) is 26.0 Å². The van der Waals surface area contributed by atoms with E-state index in [1.165, 1.54) is 31.0 Å². The van der Waals surface area contributed by atoms with Crippen LogP contribution in [0.2, 0.25) is 0 Å². The number of nitrogens with two attached hydrogens (primary N) is 1. The molecule has 0 heterocycles. The number of benzene rings is 3. The number of hydrogen-bond acceptors (Lipinski definition) is 1. The van der Waals surface area contributed by atoms with Crippen LogP contribution in [0, 0.1) is 3.57 Å². The lowest BCUT2D eigenvalue weighted by atomic mass is 9.97. The Morgan fingerprint density at radius 1 is 0.842 bits per heavy atom. The van der Waals surface area contributed by atoms with E-state index in [9.17, 15) is 0 Å². The molecule has 0 aromatic heterocycles. The average molecular weight is 359 g/mol. The molecule has 94 valence electrons. The molecule has 0 radical (unpaired) electrons. The number of rotatable bonds is 2. The number of hydrogen-bond donors (Lipinski definition) is 1. The normalized spacial score (nSPS) is 10.8. The van der Waals surface area contributed by atoms with Crippen molar-refractivity contribution in [3.8, 4) is 11.1 Å². The van der Waals surface area contributed by atoms with E-state index >= 15 is 0 Å². The standard InChI is InChI=1S/C17H14IN/c18-16-8-7-12-9-14(6-5-13(12)10-16)17-4-2-1-3-15(17)11-19/h1-10H,11,19H2. The largest absolute Gasteiger partial charge is 0.326 e. The van der Waals surface area contributed by atoms with E-state index in [4.69, 9.17) is 5.73 Å². The molecule has 0 atom stereocenters. The van der Waals surface area contributed by atoms with E-state index in [1.54, 1.807) is 0 Å². The second kappa shape index (κ2) is 5.31. The molecule has 0 fully saturated rings. The molecule has 0 unspecified atom stereocenters. The lowest BCUT2D eigenvalue weighted by Gasteiger charge is -2.09. The highest BCUT2D eigenvalue weighted by Gasteiger charge is 2.04. The zero-order valence-corrected chi connectivity index (χ0v) is 12.6. The van der Waals surface area contributed by atoms with Crippen LogP contribution in [-0.2, 0) is 6.54 Å². The van der Waals surface area contributed by atoms with Crippen LogP contribution in [0.15, 0.2) is 60.7 Å². The molecule has 1 nitrogen and oxygen atoms in total. The van der Waals surface area contributed by atoms with Crippen LogP contribution in [0.1, 0.15) is 5.56 Å². The van der Waals surface area contributed by atoms with Gasteiger partial charge in [0.1, 0.15) is 0 Å². The summed E-state index contributed by atoms with van der Waals surface area (Å²) >= 11 is 2.34. The van der Waals surface area contributed by atoms with Gasteiger partial charge in [-0.1, -0.05) is 42.5 Å². The van der Waals surface area contributed by atoms with Gasteiger partial charge < -0.3 is 5.73 Å². The van der Waals surface area contributed by atoms with Crippen molar-refractivity contribution in [2.24, 2.45) is 5.73 Å². The molecule has 0 spiro atoms. The van der Waals surface area contributed by atoms with Crippen molar-refractivity contribution in [2.45, 2.75) is 6.54 Å². The second-order valence-corrected chi connectivity index (χ2v) is 5.81. The summed E-state index contributed by atoms with van der Waals surface area (Å²) in [6.07, 6.45) is 0. The smallest absolute Gasteiger partial charge is 0.0184 e. The Hall–Kier alpha value is -1.39. The van der Waals surface area contributed by atoms with Crippen LogP contribution in [0.5, 0.6) is 0 Å². The first-order valence-electron chi connectivity index (χ1n) is 6.25. The van der Waals surface area contributed by atoms with Gasteiger partial charge in [0.05, 0.1) is 0 Å². The lowest BCUT2D eigenvalue weighted by Crippen LogP contribution is -1.98. The Morgan fingerprint density at radius 2 is 1.58 bits per heavy atom. The van der Waals surface area contributed by atoms with Gasteiger partial charge in [-0.3, -0.25) is 0 Å². The summed E-state index contributed by atoms with van der Waals surface area (Å²) < 4.78 is 1.26. The van der Waals surface area contributed by atoms with Crippen LogP contribution in [0.25, 0.3) is 21.9 Å². The number of fused-ring (bicyclic) bond motifs is 1. The quantitative estimate of drug-likeness (QED) is 0.667. The molecule has 0 aliphatic rings. The van der Waals surface area contributed by atoms with Crippen molar-refractivity contribution in [2.75, 3.05) is 0 Å². The van der Waals surface area contributed by atoms with Crippen molar-refractivity contribution in [3.05, 3.63) is 69.8 Å². The Bertz CT molecular complexity index is 734. The van der Waals surface area contributed by atoms with Crippen molar-refractivity contribution in [1.29, 1.82) is 0 Å². The molecule has 3 aromatic carbocycles. The summed E-state index contributed by atoms with van der Waals surface area (Å²) in [4.78, 5) is 0. The first kappa shape index (κ1) is 12.6. The van der Waals surface area contributed by atoms with Gasteiger partial charge in [0.15, 0.2) is 0 Å². The highest BCUT2D eigenvalue weighted by Crippen LogP contribution is 2.27. The molecule has 2 N–H and O–H groups in total. The molecular weight excluding hydrogens is 345 g/mol. The van der Waals surface area contributed by atoms with Crippen molar-refractivity contribution < 1.29 is 0 Å². The zero-order valence-electron chi connectivity index (χ0n) is 10.4. The van der Waals surface area contributed by atoms with Gasteiger partial charge >= 0.3 is 0 Å².